The highest BCUT2D eigenvalue weighted by atomic mass is 32.1. The van der Waals surface area contributed by atoms with Crippen LogP contribution in [0.25, 0.3) is 20.4 Å². The lowest BCUT2D eigenvalue weighted by Gasteiger charge is -2.27. The van der Waals surface area contributed by atoms with Gasteiger partial charge in [-0.15, -0.1) is 10.2 Å². The van der Waals surface area contributed by atoms with Crippen LogP contribution >= 0.6 is 22.7 Å². The zero-order valence-corrected chi connectivity index (χ0v) is 38.6. The molecule has 0 aliphatic carbocycles. The number of aryl methyl sites for hydroxylation is 7. The van der Waals surface area contributed by atoms with Crippen LogP contribution in [0.4, 0.5) is 39.0 Å². The summed E-state index contributed by atoms with van der Waals surface area (Å²) in [5, 5.41) is 56.1. The number of hydrogen-bond acceptors (Lipinski definition) is 14. The summed E-state index contributed by atoms with van der Waals surface area (Å²) in [5.74, 6) is -1.27. The first kappa shape index (κ1) is 44.7. The van der Waals surface area contributed by atoms with Gasteiger partial charge in [0.1, 0.15) is 23.1 Å². The maximum atomic E-state index is 11.9. The average Bonchev–Trinajstić information content (AvgIpc) is 3.82. The molecule has 3 aromatic heterocycles. The van der Waals surface area contributed by atoms with E-state index in [4.69, 9.17) is 20.5 Å². The van der Waals surface area contributed by atoms with Crippen molar-refractivity contribution in [3.05, 3.63) is 128 Å². The molecule has 0 fully saturated rings. The van der Waals surface area contributed by atoms with Crippen molar-refractivity contribution in [2.45, 2.75) is 69.2 Å². The molecule has 0 aliphatic heterocycles. The number of hydrogen-bond donors (Lipinski definition) is 5. The number of nitriles is 1. The minimum Gasteiger partial charge on any atom is -0.478 e. The monoisotopic (exact) mass is 890 g/mol. The number of carbonyl (C=O) groups is 2. The topological polar surface area (TPSA) is 213 Å². The highest BCUT2D eigenvalue weighted by molar-refractivity contribution is 7.22. The number of rotatable bonds is 12. The molecule has 0 saturated carbocycles. The van der Waals surface area contributed by atoms with Crippen LogP contribution < -0.4 is 15.5 Å². The van der Waals surface area contributed by atoms with E-state index in [-0.39, 0.29) is 28.2 Å². The first-order chi connectivity index (χ1) is 30.2. The summed E-state index contributed by atoms with van der Waals surface area (Å²) in [7, 11) is 0. The maximum absolute atomic E-state index is 11.9. The number of carboxylic acids is 2. The number of anilines is 6. The number of aromatic carboxylic acids is 2. The van der Waals surface area contributed by atoms with Gasteiger partial charge in [-0.25, -0.2) is 24.5 Å². The van der Waals surface area contributed by atoms with Crippen molar-refractivity contribution in [2.75, 3.05) is 15.5 Å². The van der Waals surface area contributed by atoms with Crippen LogP contribution in [0.3, 0.4) is 0 Å². The second kappa shape index (κ2) is 17.4. The fourth-order valence-electron chi connectivity index (χ4n) is 7.50. The Morgan fingerprint density at radius 2 is 1.30 bits per heavy atom. The van der Waals surface area contributed by atoms with Crippen LogP contribution in [0.15, 0.2) is 88.4 Å². The second-order valence-electron chi connectivity index (χ2n) is 16.8. The number of benzene rings is 4. The Labute approximate surface area is 378 Å². The molecule has 324 valence electrons. The zero-order chi connectivity index (χ0) is 46.4. The average molecular weight is 891 g/mol. The normalized spacial score (nSPS) is 12.1. The van der Waals surface area contributed by atoms with Crippen molar-refractivity contribution in [2.24, 2.45) is 15.6 Å². The SMILES string of the molecule is Cc1cc(C)c(Nc2nc(N(c3nc4ccc(C(=O)O)cc4s3)c3c(C)cc(C)cc3C)cc(C)c2N=N/C(Nc2nc3ccc(C(=O)O)cc3s2)=C(\C#N)C(=N)C(C)(C)C)c(C)c1. The van der Waals surface area contributed by atoms with Gasteiger partial charge in [0.2, 0.25) is 0 Å². The molecule has 0 bridgehead atoms. The number of nitrogens with one attached hydrogen (secondary N) is 3. The number of fused-ring (bicyclic) bond motifs is 2. The fraction of sp³-hybridized carbons (Fsp3) is 0.229. The van der Waals surface area contributed by atoms with Crippen LogP contribution in [-0.4, -0.2) is 42.8 Å². The predicted octanol–water partition coefficient (Wildman–Crippen LogP) is 13.1. The quantitative estimate of drug-likeness (QED) is 0.0442. The Bertz CT molecular complexity index is 3140. The standard InChI is InChI=1S/C48H46N10O4S2/c1-23-15-25(3)38(26(4)16-23)54-43-39(56-57-42(32(22-49)41(50)48(8,9)10)55-46-51-33-13-11-30(44(59)60)20-35(33)63-46)27(5)19-37(53-43)58(40-28(6)17-24(2)18-29(40)7)47-52-34-14-12-31(45(61)62)21-36(34)64-47/h11-21,50H,1-10H3,(H,51,55)(H,53,54)(H,59,60)(H,61,62)/b42-32+,50-41?,57-56?. The fourth-order valence-corrected chi connectivity index (χ4v) is 9.42. The Morgan fingerprint density at radius 3 is 1.84 bits per heavy atom. The van der Waals surface area contributed by atoms with E-state index in [1.165, 1.54) is 34.8 Å². The van der Waals surface area contributed by atoms with Crippen molar-refractivity contribution < 1.29 is 19.8 Å². The maximum Gasteiger partial charge on any atom is 0.335 e. The molecule has 0 saturated heterocycles. The van der Waals surface area contributed by atoms with Crippen LogP contribution in [0.1, 0.15) is 80.4 Å². The van der Waals surface area contributed by atoms with E-state index >= 15 is 0 Å². The number of nitrogens with zero attached hydrogens (tertiary/aromatic N) is 7. The van der Waals surface area contributed by atoms with Gasteiger partial charge in [0, 0.05) is 11.1 Å². The van der Waals surface area contributed by atoms with Crippen LogP contribution in [0, 0.1) is 70.6 Å². The van der Waals surface area contributed by atoms with Gasteiger partial charge in [-0.05, 0) is 119 Å². The van der Waals surface area contributed by atoms with Crippen molar-refractivity contribution >= 4 is 99.7 Å². The smallest absolute Gasteiger partial charge is 0.335 e. The number of pyridine rings is 1. The van der Waals surface area contributed by atoms with Crippen molar-refractivity contribution in [3.63, 3.8) is 0 Å². The minimum atomic E-state index is -1.07. The van der Waals surface area contributed by atoms with E-state index in [1.807, 2.05) is 80.2 Å². The number of azo groups is 1. The molecule has 7 rings (SSSR count). The highest BCUT2D eigenvalue weighted by Crippen LogP contribution is 2.45. The largest absolute Gasteiger partial charge is 0.478 e. The molecule has 0 unspecified atom stereocenters. The molecule has 0 atom stereocenters. The predicted molar refractivity (Wildman–Crippen MR) is 256 cm³/mol. The molecule has 14 nitrogen and oxygen atoms in total. The lowest BCUT2D eigenvalue weighted by molar-refractivity contribution is 0.0686. The molecule has 0 aliphatic rings. The summed E-state index contributed by atoms with van der Waals surface area (Å²) in [4.78, 5) is 40.6. The Hall–Kier alpha value is -7.35. The summed E-state index contributed by atoms with van der Waals surface area (Å²) in [6.07, 6.45) is 0. The molecule has 7 aromatic rings. The molecule has 0 amide bonds. The first-order valence-electron chi connectivity index (χ1n) is 20.2. The first-order valence-corrected chi connectivity index (χ1v) is 21.8. The lowest BCUT2D eigenvalue weighted by Crippen LogP contribution is -2.23. The van der Waals surface area contributed by atoms with Gasteiger partial charge < -0.3 is 26.3 Å². The molecule has 64 heavy (non-hydrogen) atoms. The van der Waals surface area contributed by atoms with Gasteiger partial charge in [-0.1, -0.05) is 78.8 Å². The van der Waals surface area contributed by atoms with Crippen molar-refractivity contribution in [1.82, 2.24) is 15.0 Å². The van der Waals surface area contributed by atoms with Gasteiger partial charge in [0.15, 0.2) is 21.9 Å². The summed E-state index contributed by atoms with van der Waals surface area (Å²) >= 11 is 2.53. The molecule has 16 heteroatoms. The highest BCUT2D eigenvalue weighted by Gasteiger charge is 2.27. The van der Waals surface area contributed by atoms with Crippen molar-refractivity contribution in [3.8, 4) is 6.07 Å². The van der Waals surface area contributed by atoms with E-state index in [0.717, 1.165) is 44.8 Å². The summed E-state index contributed by atoms with van der Waals surface area (Å²) < 4.78 is 1.30. The number of allylic oxidation sites excluding steroid dienone is 1. The van der Waals surface area contributed by atoms with E-state index in [9.17, 15) is 25.1 Å². The van der Waals surface area contributed by atoms with Gasteiger partial charge in [-0.2, -0.15) is 5.26 Å². The minimum absolute atomic E-state index is 0.0194. The molecule has 0 spiro atoms. The van der Waals surface area contributed by atoms with Gasteiger partial charge >= 0.3 is 11.9 Å². The zero-order valence-electron chi connectivity index (χ0n) is 37.0. The van der Waals surface area contributed by atoms with Crippen molar-refractivity contribution in [1.29, 1.82) is 10.7 Å². The Kier molecular flexibility index (Phi) is 12.2. The van der Waals surface area contributed by atoms with E-state index in [1.54, 1.807) is 24.3 Å². The Balaban J connectivity index is 1.45. The van der Waals surface area contributed by atoms with E-state index in [2.05, 4.69) is 51.1 Å². The second-order valence-corrected chi connectivity index (χ2v) is 18.8. The van der Waals surface area contributed by atoms with E-state index < -0.39 is 17.4 Å². The molecule has 0 radical (unpaired) electrons. The number of thiazole rings is 2. The lowest BCUT2D eigenvalue weighted by atomic mass is 9.86. The third-order valence-electron chi connectivity index (χ3n) is 10.5. The number of aromatic nitrogens is 3. The molecule has 5 N–H and O–H groups in total. The summed E-state index contributed by atoms with van der Waals surface area (Å²) in [5.41, 5.74) is 9.45. The summed E-state index contributed by atoms with van der Waals surface area (Å²) in [6, 6.07) is 21.9. The summed E-state index contributed by atoms with van der Waals surface area (Å²) in [6.45, 7) is 19.5. The van der Waals surface area contributed by atoms with Gasteiger partial charge in [0.05, 0.1) is 43.0 Å². The third-order valence-corrected chi connectivity index (χ3v) is 12.4. The van der Waals surface area contributed by atoms with Crippen LogP contribution in [0.5, 0.6) is 0 Å². The Morgan fingerprint density at radius 1 is 0.750 bits per heavy atom. The van der Waals surface area contributed by atoms with Gasteiger partial charge in [-0.3, -0.25) is 4.90 Å². The molecular weight excluding hydrogens is 845 g/mol. The molecule has 4 aromatic carbocycles. The third kappa shape index (κ3) is 9.08. The number of carboxylic acid groups (broad SMARTS) is 2. The van der Waals surface area contributed by atoms with Crippen LogP contribution in [-0.2, 0) is 0 Å². The van der Waals surface area contributed by atoms with E-state index in [0.29, 0.717) is 53.6 Å². The van der Waals surface area contributed by atoms with Gasteiger partial charge in [0.25, 0.3) is 0 Å². The molecule has 3 heterocycles. The molecular formula is C48H46N10O4S2. The van der Waals surface area contributed by atoms with Crippen LogP contribution in [0.2, 0.25) is 0 Å².